The Bertz CT molecular complexity index is 365. The van der Waals surface area contributed by atoms with Crippen molar-refractivity contribution in [2.75, 3.05) is 6.61 Å². The number of benzene rings is 1. The van der Waals surface area contributed by atoms with Gasteiger partial charge in [0.05, 0.1) is 12.7 Å². The van der Waals surface area contributed by atoms with Crippen LogP contribution in [-0.2, 0) is 4.74 Å². The third-order valence-electron chi connectivity index (χ3n) is 2.76. The summed E-state index contributed by atoms with van der Waals surface area (Å²) in [6.45, 7) is 5.06. The predicted molar refractivity (Wildman–Crippen MR) is 63.1 cm³/mol. The van der Waals surface area contributed by atoms with Gasteiger partial charge in [0.1, 0.15) is 0 Å². The van der Waals surface area contributed by atoms with Gasteiger partial charge in [-0.3, -0.25) is 0 Å². The SMILES string of the molecule is CC1(C)C=CCO[C@H]1c1ccc(Cl)cc1. The molecule has 0 unspecified atom stereocenters. The Morgan fingerprint density at radius 2 is 1.93 bits per heavy atom. The van der Waals surface area contributed by atoms with E-state index in [-0.39, 0.29) is 11.5 Å². The van der Waals surface area contributed by atoms with Gasteiger partial charge in [0.2, 0.25) is 0 Å². The Balaban J connectivity index is 2.30. The van der Waals surface area contributed by atoms with E-state index in [1.54, 1.807) is 0 Å². The summed E-state index contributed by atoms with van der Waals surface area (Å²) in [5.74, 6) is 0. The minimum Gasteiger partial charge on any atom is -0.369 e. The van der Waals surface area contributed by atoms with Crippen LogP contribution in [0.1, 0.15) is 25.5 Å². The quantitative estimate of drug-likeness (QED) is 0.653. The zero-order valence-corrected chi connectivity index (χ0v) is 9.79. The summed E-state index contributed by atoms with van der Waals surface area (Å²) in [5, 5.41) is 0.767. The van der Waals surface area contributed by atoms with Gasteiger partial charge in [0.25, 0.3) is 0 Å². The third kappa shape index (κ3) is 2.24. The first-order valence-corrected chi connectivity index (χ1v) is 5.52. The van der Waals surface area contributed by atoms with Crippen LogP contribution in [0, 0.1) is 5.41 Å². The van der Waals surface area contributed by atoms with Gasteiger partial charge in [-0.1, -0.05) is 49.7 Å². The summed E-state index contributed by atoms with van der Waals surface area (Å²) in [6.07, 6.45) is 4.42. The van der Waals surface area contributed by atoms with Crippen molar-refractivity contribution in [3.05, 3.63) is 47.0 Å². The standard InChI is InChI=1S/C13H15ClO/c1-13(2)8-3-9-15-12(13)10-4-6-11(14)7-5-10/h3-8,12H,9H2,1-2H3/t12-/m0/s1. The highest BCUT2D eigenvalue weighted by Crippen LogP contribution is 2.40. The molecule has 0 saturated carbocycles. The molecule has 1 aromatic carbocycles. The molecule has 1 aromatic rings. The van der Waals surface area contributed by atoms with Crippen LogP contribution in [0.3, 0.4) is 0 Å². The summed E-state index contributed by atoms with van der Waals surface area (Å²) in [6, 6.07) is 7.89. The lowest BCUT2D eigenvalue weighted by atomic mass is 9.81. The maximum absolute atomic E-state index is 5.87. The Morgan fingerprint density at radius 1 is 1.27 bits per heavy atom. The number of hydrogen-bond donors (Lipinski definition) is 0. The van der Waals surface area contributed by atoms with Gasteiger partial charge in [-0.15, -0.1) is 0 Å². The molecule has 0 radical (unpaired) electrons. The average Bonchev–Trinajstić information content (AvgIpc) is 2.19. The van der Waals surface area contributed by atoms with E-state index >= 15 is 0 Å². The minimum absolute atomic E-state index is 0.0477. The highest BCUT2D eigenvalue weighted by molar-refractivity contribution is 6.30. The van der Waals surface area contributed by atoms with E-state index in [2.05, 4.69) is 26.0 Å². The summed E-state index contributed by atoms with van der Waals surface area (Å²) >= 11 is 5.87. The summed E-state index contributed by atoms with van der Waals surface area (Å²) in [5.41, 5.74) is 1.24. The van der Waals surface area contributed by atoms with Crippen molar-refractivity contribution in [3.8, 4) is 0 Å². The van der Waals surface area contributed by atoms with Gasteiger partial charge >= 0.3 is 0 Å². The molecule has 2 heteroatoms. The lowest BCUT2D eigenvalue weighted by Crippen LogP contribution is -2.26. The normalized spacial score (nSPS) is 24.1. The van der Waals surface area contributed by atoms with E-state index in [1.807, 2.05) is 24.3 Å². The van der Waals surface area contributed by atoms with E-state index in [4.69, 9.17) is 16.3 Å². The molecule has 0 aliphatic carbocycles. The van der Waals surface area contributed by atoms with Crippen LogP contribution in [0.5, 0.6) is 0 Å². The molecule has 1 aliphatic heterocycles. The molecule has 0 spiro atoms. The molecular formula is C13H15ClO. The molecule has 2 rings (SSSR count). The van der Waals surface area contributed by atoms with Gasteiger partial charge in [-0.25, -0.2) is 0 Å². The van der Waals surface area contributed by atoms with E-state index < -0.39 is 0 Å². The fourth-order valence-electron chi connectivity index (χ4n) is 1.97. The molecule has 1 nitrogen and oxygen atoms in total. The van der Waals surface area contributed by atoms with Crippen molar-refractivity contribution < 1.29 is 4.74 Å². The van der Waals surface area contributed by atoms with Crippen molar-refractivity contribution in [1.82, 2.24) is 0 Å². The minimum atomic E-state index is 0.0477. The van der Waals surface area contributed by atoms with Crippen molar-refractivity contribution in [1.29, 1.82) is 0 Å². The number of hydrogen-bond acceptors (Lipinski definition) is 1. The molecule has 1 aliphatic rings. The second-order valence-electron chi connectivity index (χ2n) is 4.49. The lowest BCUT2D eigenvalue weighted by Gasteiger charge is -2.34. The molecule has 1 atom stereocenters. The van der Waals surface area contributed by atoms with Gasteiger partial charge in [-0.2, -0.15) is 0 Å². The summed E-state index contributed by atoms with van der Waals surface area (Å²) in [4.78, 5) is 0. The van der Waals surface area contributed by atoms with E-state index in [9.17, 15) is 0 Å². The largest absolute Gasteiger partial charge is 0.369 e. The van der Waals surface area contributed by atoms with Gasteiger partial charge < -0.3 is 4.74 Å². The van der Waals surface area contributed by atoms with Crippen LogP contribution >= 0.6 is 11.6 Å². The Kier molecular flexibility index (Phi) is 2.85. The Morgan fingerprint density at radius 3 is 2.53 bits per heavy atom. The van der Waals surface area contributed by atoms with E-state index in [0.717, 1.165) is 5.02 Å². The second kappa shape index (κ2) is 3.99. The van der Waals surface area contributed by atoms with Crippen molar-refractivity contribution >= 4 is 11.6 Å². The Labute approximate surface area is 95.7 Å². The summed E-state index contributed by atoms with van der Waals surface area (Å²) < 4.78 is 5.79. The third-order valence-corrected chi connectivity index (χ3v) is 3.01. The number of halogens is 1. The maximum Gasteiger partial charge on any atom is 0.0914 e. The Hall–Kier alpha value is -0.790. The molecule has 0 N–H and O–H groups in total. The molecule has 0 aromatic heterocycles. The zero-order chi connectivity index (χ0) is 10.9. The van der Waals surface area contributed by atoms with E-state index in [1.165, 1.54) is 5.56 Å². The molecule has 15 heavy (non-hydrogen) atoms. The van der Waals surface area contributed by atoms with Crippen LogP contribution in [-0.4, -0.2) is 6.61 Å². The fourth-order valence-corrected chi connectivity index (χ4v) is 2.10. The van der Waals surface area contributed by atoms with Crippen molar-refractivity contribution in [2.24, 2.45) is 5.41 Å². The van der Waals surface area contributed by atoms with Crippen LogP contribution < -0.4 is 0 Å². The lowest BCUT2D eigenvalue weighted by molar-refractivity contribution is -0.00365. The molecule has 0 bridgehead atoms. The number of ether oxygens (including phenoxy) is 1. The second-order valence-corrected chi connectivity index (χ2v) is 4.93. The monoisotopic (exact) mass is 222 g/mol. The highest BCUT2D eigenvalue weighted by atomic mass is 35.5. The van der Waals surface area contributed by atoms with Gasteiger partial charge in [-0.05, 0) is 17.7 Å². The first kappa shape index (κ1) is 10.7. The highest BCUT2D eigenvalue weighted by Gasteiger charge is 2.31. The molecule has 1 heterocycles. The molecule has 0 amide bonds. The first-order chi connectivity index (χ1) is 7.09. The molecule has 0 fully saturated rings. The topological polar surface area (TPSA) is 9.23 Å². The van der Waals surface area contributed by atoms with Crippen molar-refractivity contribution in [2.45, 2.75) is 20.0 Å². The van der Waals surface area contributed by atoms with E-state index in [0.29, 0.717) is 6.61 Å². The average molecular weight is 223 g/mol. The fraction of sp³-hybridized carbons (Fsp3) is 0.385. The van der Waals surface area contributed by atoms with Crippen LogP contribution in [0.25, 0.3) is 0 Å². The van der Waals surface area contributed by atoms with Crippen LogP contribution in [0.4, 0.5) is 0 Å². The zero-order valence-electron chi connectivity index (χ0n) is 9.03. The maximum atomic E-state index is 5.87. The van der Waals surface area contributed by atoms with Gasteiger partial charge in [0.15, 0.2) is 0 Å². The predicted octanol–water partition coefficient (Wildman–Crippen LogP) is 3.99. The molecule has 0 saturated heterocycles. The smallest absolute Gasteiger partial charge is 0.0914 e. The first-order valence-electron chi connectivity index (χ1n) is 5.14. The van der Waals surface area contributed by atoms with Crippen LogP contribution in [0.15, 0.2) is 36.4 Å². The molecule has 80 valence electrons. The molecular weight excluding hydrogens is 208 g/mol. The van der Waals surface area contributed by atoms with Gasteiger partial charge in [0, 0.05) is 10.4 Å². The summed E-state index contributed by atoms with van der Waals surface area (Å²) in [7, 11) is 0. The van der Waals surface area contributed by atoms with Crippen molar-refractivity contribution in [3.63, 3.8) is 0 Å². The van der Waals surface area contributed by atoms with Crippen LogP contribution in [0.2, 0.25) is 5.02 Å². The number of rotatable bonds is 1.